The molecule has 1 spiro atoms. The van der Waals surface area contributed by atoms with E-state index in [9.17, 15) is 9.59 Å². The number of amides is 2. The molecular formula is C22H23N3O4. The van der Waals surface area contributed by atoms with E-state index in [1.807, 2.05) is 42.2 Å². The van der Waals surface area contributed by atoms with Crippen LogP contribution in [0, 0.1) is 18.8 Å². The van der Waals surface area contributed by atoms with E-state index < -0.39 is 17.4 Å². The third-order valence-electron chi connectivity index (χ3n) is 6.19. The minimum absolute atomic E-state index is 0.00783. The molecule has 2 amide bonds. The molecule has 0 aliphatic carbocycles. The standard InChI is InChI=1S/C22H23N3O4/c1-14-4-3-5-15(10-14)11-25-13-22-8-6-17(29-22)18(19(22)21(25)27)20(26)24(2)12-16-7-9-28-23-16/h3-10,17-19H,11-13H2,1-2H3/t17-,18-,19+,22-/m0/s1. The van der Waals surface area contributed by atoms with E-state index >= 15 is 0 Å². The molecule has 4 heterocycles. The van der Waals surface area contributed by atoms with Crippen molar-refractivity contribution in [1.82, 2.24) is 15.0 Å². The van der Waals surface area contributed by atoms with Gasteiger partial charge in [0.1, 0.15) is 17.6 Å². The summed E-state index contributed by atoms with van der Waals surface area (Å²) in [5, 5.41) is 3.87. The number of carbonyl (C=O) groups is 2. The van der Waals surface area contributed by atoms with Crippen LogP contribution in [0.3, 0.4) is 0 Å². The lowest BCUT2D eigenvalue weighted by Crippen LogP contribution is -2.44. The van der Waals surface area contributed by atoms with Crippen molar-refractivity contribution in [3.63, 3.8) is 0 Å². The van der Waals surface area contributed by atoms with Gasteiger partial charge in [-0.2, -0.15) is 0 Å². The van der Waals surface area contributed by atoms with Crippen LogP contribution in [-0.4, -0.2) is 52.1 Å². The van der Waals surface area contributed by atoms with E-state index in [1.54, 1.807) is 18.0 Å². The SMILES string of the molecule is Cc1cccc(CN2C[C@]34C=C[C@H](O3)[C@H](C(=O)N(C)Cc3ccon3)[C@@H]4C2=O)c1. The van der Waals surface area contributed by atoms with E-state index in [0.29, 0.717) is 25.3 Å². The molecule has 29 heavy (non-hydrogen) atoms. The second-order valence-electron chi connectivity index (χ2n) is 8.27. The highest BCUT2D eigenvalue weighted by atomic mass is 16.5. The average molecular weight is 393 g/mol. The van der Waals surface area contributed by atoms with Crippen LogP contribution in [0.1, 0.15) is 16.8 Å². The third kappa shape index (κ3) is 2.88. The number of ether oxygens (including phenoxy) is 1. The molecule has 1 aromatic heterocycles. The minimum atomic E-state index is -0.694. The Hall–Kier alpha value is -2.93. The molecule has 5 rings (SSSR count). The highest BCUT2D eigenvalue weighted by molar-refractivity contribution is 5.93. The molecule has 7 nitrogen and oxygen atoms in total. The molecule has 150 valence electrons. The van der Waals surface area contributed by atoms with E-state index in [-0.39, 0.29) is 17.9 Å². The summed E-state index contributed by atoms with van der Waals surface area (Å²) in [6.45, 7) is 3.38. The van der Waals surface area contributed by atoms with Crippen molar-refractivity contribution in [2.75, 3.05) is 13.6 Å². The number of hydrogen-bond acceptors (Lipinski definition) is 5. The first-order chi connectivity index (χ1) is 14.0. The average Bonchev–Trinajstić information content (AvgIpc) is 3.45. The Balaban J connectivity index is 1.37. The van der Waals surface area contributed by atoms with Crippen LogP contribution in [0.2, 0.25) is 0 Å². The molecule has 2 saturated heterocycles. The largest absolute Gasteiger partial charge is 0.364 e. The lowest BCUT2D eigenvalue weighted by atomic mass is 9.76. The van der Waals surface area contributed by atoms with E-state index in [1.165, 1.54) is 6.26 Å². The number of nitrogens with zero attached hydrogens (tertiary/aromatic N) is 3. The summed E-state index contributed by atoms with van der Waals surface area (Å²) in [5.41, 5.74) is 2.22. The summed E-state index contributed by atoms with van der Waals surface area (Å²) >= 11 is 0. The summed E-state index contributed by atoms with van der Waals surface area (Å²) in [7, 11) is 1.73. The van der Waals surface area contributed by atoms with Gasteiger partial charge in [-0.3, -0.25) is 9.59 Å². The van der Waals surface area contributed by atoms with Gasteiger partial charge in [0, 0.05) is 19.7 Å². The maximum Gasteiger partial charge on any atom is 0.230 e. The molecule has 0 radical (unpaired) electrons. The number of fused-ring (bicyclic) bond motifs is 1. The van der Waals surface area contributed by atoms with Gasteiger partial charge in [-0.05, 0) is 12.5 Å². The predicted octanol–water partition coefficient (Wildman–Crippen LogP) is 1.92. The Morgan fingerprint density at radius 1 is 1.38 bits per heavy atom. The molecule has 0 saturated carbocycles. The third-order valence-corrected chi connectivity index (χ3v) is 6.19. The number of carbonyl (C=O) groups excluding carboxylic acids is 2. The zero-order valence-corrected chi connectivity index (χ0v) is 16.4. The first kappa shape index (κ1) is 18.1. The molecule has 0 N–H and O–H groups in total. The fourth-order valence-corrected chi connectivity index (χ4v) is 4.92. The van der Waals surface area contributed by atoms with Gasteiger partial charge in [-0.1, -0.05) is 47.1 Å². The van der Waals surface area contributed by atoms with E-state index in [0.717, 1.165) is 11.1 Å². The monoisotopic (exact) mass is 393 g/mol. The molecule has 2 fully saturated rings. The molecule has 3 aliphatic rings. The number of hydrogen-bond donors (Lipinski definition) is 0. The first-order valence-corrected chi connectivity index (χ1v) is 9.83. The molecule has 0 unspecified atom stereocenters. The Kier molecular flexibility index (Phi) is 4.10. The fraction of sp³-hybridized carbons (Fsp3) is 0.409. The van der Waals surface area contributed by atoms with Crippen LogP contribution in [0.15, 0.2) is 53.3 Å². The highest BCUT2D eigenvalue weighted by Gasteiger charge is 2.67. The predicted molar refractivity (Wildman–Crippen MR) is 103 cm³/mol. The second kappa shape index (κ2) is 6.56. The summed E-state index contributed by atoms with van der Waals surface area (Å²) in [6, 6.07) is 9.87. The van der Waals surface area contributed by atoms with Gasteiger partial charge in [0.2, 0.25) is 11.8 Å². The minimum Gasteiger partial charge on any atom is -0.364 e. The Labute approximate surface area is 168 Å². The number of aromatic nitrogens is 1. The normalized spacial score (nSPS) is 29.5. The second-order valence-corrected chi connectivity index (χ2v) is 8.27. The molecule has 2 aromatic rings. The maximum atomic E-state index is 13.3. The van der Waals surface area contributed by atoms with Gasteiger partial charge in [0.05, 0.1) is 31.0 Å². The quantitative estimate of drug-likeness (QED) is 0.726. The van der Waals surface area contributed by atoms with Gasteiger partial charge in [0.15, 0.2) is 0 Å². The topological polar surface area (TPSA) is 75.9 Å². The van der Waals surface area contributed by atoms with Crippen molar-refractivity contribution in [2.24, 2.45) is 11.8 Å². The van der Waals surface area contributed by atoms with Gasteiger partial charge in [-0.25, -0.2) is 0 Å². The number of likely N-dealkylation sites (tertiary alicyclic amines) is 1. The number of aryl methyl sites for hydroxylation is 1. The molecule has 3 aliphatic heterocycles. The molecular weight excluding hydrogens is 370 g/mol. The summed E-state index contributed by atoms with van der Waals surface area (Å²) in [5.74, 6) is -1.09. The van der Waals surface area contributed by atoms with E-state index in [4.69, 9.17) is 9.26 Å². The van der Waals surface area contributed by atoms with Gasteiger partial charge < -0.3 is 19.1 Å². The fourth-order valence-electron chi connectivity index (χ4n) is 4.92. The molecule has 4 atom stereocenters. The van der Waals surface area contributed by atoms with Crippen LogP contribution < -0.4 is 0 Å². The summed E-state index contributed by atoms with van der Waals surface area (Å²) in [4.78, 5) is 30.0. The van der Waals surface area contributed by atoms with Gasteiger partial charge >= 0.3 is 0 Å². The van der Waals surface area contributed by atoms with Crippen molar-refractivity contribution in [1.29, 1.82) is 0 Å². The smallest absolute Gasteiger partial charge is 0.230 e. The summed E-state index contributed by atoms with van der Waals surface area (Å²) < 4.78 is 11.1. The lowest BCUT2D eigenvalue weighted by Gasteiger charge is -2.27. The zero-order valence-electron chi connectivity index (χ0n) is 16.4. The van der Waals surface area contributed by atoms with Crippen molar-refractivity contribution in [3.8, 4) is 0 Å². The van der Waals surface area contributed by atoms with E-state index in [2.05, 4.69) is 11.2 Å². The Morgan fingerprint density at radius 2 is 2.24 bits per heavy atom. The zero-order chi connectivity index (χ0) is 20.2. The van der Waals surface area contributed by atoms with Crippen molar-refractivity contribution < 1.29 is 18.8 Å². The number of rotatable bonds is 5. The first-order valence-electron chi connectivity index (χ1n) is 9.83. The van der Waals surface area contributed by atoms with Crippen molar-refractivity contribution >= 4 is 11.8 Å². The summed E-state index contributed by atoms with van der Waals surface area (Å²) in [6.07, 6.45) is 5.05. The van der Waals surface area contributed by atoms with Gasteiger partial charge in [0.25, 0.3) is 0 Å². The Bertz CT molecular complexity index is 986. The Morgan fingerprint density at radius 3 is 3.00 bits per heavy atom. The maximum absolute atomic E-state index is 13.3. The molecule has 7 heteroatoms. The highest BCUT2D eigenvalue weighted by Crippen LogP contribution is 2.52. The van der Waals surface area contributed by atoms with Crippen LogP contribution in [0.4, 0.5) is 0 Å². The molecule has 2 bridgehead atoms. The van der Waals surface area contributed by atoms with Crippen LogP contribution in [0.25, 0.3) is 0 Å². The van der Waals surface area contributed by atoms with Gasteiger partial charge in [-0.15, -0.1) is 0 Å². The van der Waals surface area contributed by atoms with Crippen molar-refractivity contribution in [3.05, 3.63) is 65.6 Å². The van der Waals surface area contributed by atoms with Crippen LogP contribution in [0.5, 0.6) is 0 Å². The number of benzene rings is 1. The van der Waals surface area contributed by atoms with Crippen molar-refractivity contribution in [2.45, 2.75) is 31.7 Å². The van der Waals surface area contributed by atoms with Crippen LogP contribution in [-0.2, 0) is 27.4 Å². The lowest BCUT2D eigenvalue weighted by molar-refractivity contribution is -0.143. The molecule has 1 aromatic carbocycles. The van der Waals surface area contributed by atoms with Crippen LogP contribution >= 0.6 is 0 Å².